The van der Waals surface area contributed by atoms with Crippen molar-refractivity contribution >= 4 is 43.6 Å². The van der Waals surface area contributed by atoms with Gasteiger partial charge in [-0.1, -0.05) is 149 Å². The molecule has 57 heavy (non-hydrogen) atoms. The molecule has 0 radical (unpaired) electrons. The van der Waals surface area contributed by atoms with Crippen LogP contribution in [0.1, 0.15) is 158 Å². The summed E-state index contributed by atoms with van der Waals surface area (Å²) >= 11 is 0. The molecular weight excluding hydrogens is 689 g/mol. The van der Waals surface area contributed by atoms with E-state index in [-0.39, 0.29) is 37.9 Å². The van der Waals surface area contributed by atoms with E-state index in [4.69, 9.17) is 0 Å². The van der Waals surface area contributed by atoms with Crippen LogP contribution in [0.2, 0.25) is 0 Å². The lowest BCUT2D eigenvalue weighted by atomic mass is 9.59. The van der Waals surface area contributed by atoms with E-state index >= 15 is 0 Å². The highest BCUT2D eigenvalue weighted by Crippen LogP contribution is 2.62. The van der Waals surface area contributed by atoms with Gasteiger partial charge in [0, 0.05) is 21.5 Å². The largest absolute Gasteiger partial charge is 0.307 e. The molecule has 8 rings (SSSR count). The summed E-state index contributed by atoms with van der Waals surface area (Å²) in [6, 6.07) is 34.2. The number of rotatable bonds is 2. The first kappa shape index (κ1) is 39.5. The van der Waals surface area contributed by atoms with Gasteiger partial charge in [0.15, 0.2) is 0 Å². The van der Waals surface area contributed by atoms with Gasteiger partial charge < -0.3 is 9.13 Å². The molecule has 0 fully saturated rings. The Labute approximate surface area is 343 Å². The fourth-order valence-corrected chi connectivity index (χ4v) is 9.86. The summed E-state index contributed by atoms with van der Waals surface area (Å²) in [4.78, 5) is 0. The van der Waals surface area contributed by atoms with E-state index in [1.807, 2.05) is 0 Å². The van der Waals surface area contributed by atoms with Gasteiger partial charge in [-0.2, -0.15) is 0 Å². The van der Waals surface area contributed by atoms with Crippen LogP contribution in [0.3, 0.4) is 0 Å². The third-order valence-corrected chi connectivity index (χ3v) is 15.1. The van der Waals surface area contributed by atoms with Crippen LogP contribution in [0, 0.1) is 5.41 Å². The molecule has 2 nitrogen and oxygen atoms in total. The van der Waals surface area contributed by atoms with Gasteiger partial charge in [-0.15, -0.1) is 0 Å². The fourth-order valence-electron chi connectivity index (χ4n) is 9.86. The fraction of sp³-hybridized carbons (Fsp3) is 0.455. The maximum absolute atomic E-state index is 2.61. The standard InChI is InChI=1S/C55H68N2/c1-49(2,3)33-19-23-43-37(27-33)38-28-34(50(4,5)6)20-24-44(38)56(43)47-31-41-42(54(15,16)55(17,18)53(41,13)14)32-48(47)57-45-25-21-35(51(7,8)9)29-39(45)40-30-36(52(10,11)12)22-26-46(40)57/h19-32H,1-18H3. The normalized spacial score (nSPS) is 17.0. The zero-order valence-corrected chi connectivity index (χ0v) is 38.5. The molecule has 2 heteroatoms. The molecule has 1 aliphatic rings. The van der Waals surface area contributed by atoms with Crippen molar-refractivity contribution in [2.75, 3.05) is 0 Å². The molecule has 5 aromatic carbocycles. The van der Waals surface area contributed by atoms with Crippen molar-refractivity contribution in [3.63, 3.8) is 0 Å². The van der Waals surface area contributed by atoms with E-state index in [1.165, 1.54) is 88.4 Å². The molecule has 2 aromatic heterocycles. The van der Waals surface area contributed by atoms with Gasteiger partial charge in [0.2, 0.25) is 0 Å². The Balaban J connectivity index is 1.59. The lowest BCUT2D eigenvalue weighted by molar-refractivity contribution is 0.125. The molecule has 2 heterocycles. The summed E-state index contributed by atoms with van der Waals surface area (Å²) in [5, 5.41) is 5.28. The van der Waals surface area contributed by atoms with Crippen molar-refractivity contribution in [1.29, 1.82) is 0 Å². The molecule has 0 bridgehead atoms. The third kappa shape index (κ3) is 5.70. The van der Waals surface area contributed by atoms with E-state index in [0.29, 0.717) is 0 Å². The number of nitrogens with zero attached hydrogens (tertiary/aromatic N) is 2. The first-order valence-corrected chi connectivity index (χ1v) is 21.4. The molecule has 7 aromatic rings. The van der Waals surface area contributed by atoms with E-state index in [9.17, 15) is 0 Å². The molecule has 298 valence electrons. The van der Waals surface area contributed by atoms with Crippen LogP contribution in [0.5, 0.6) is 0 Å². The van der Waals surface area contributed by atoms with E-state index in [2.05, 4.69) is 219 Å². The highest BCUT2D eigenvalue weighted by molar-refractivity contribution is 6.12. The Hall–Kier alpha value is -4.30. The summed E-state index contributed by atoms with van der Waals surface area (Å²) in [6.45, 7) is 42.8. The molecular formula is C55H68N2. The molecule has 0 spiro atoms. The van der Waals surface area contributed by atoms with Crippen molar-refractivity contribution in [3.05, 3.63) is 118 Å². The summed E-state index contributed by atoms with van der Waals surface area (Å²) in [5.74, 6) is 0. The van der Waals surface area contributed by atoms with Gasteiger partial charge >= 0.3 is 0 Å². The van der Waals surface area contributed by atoms with E-state index in [1.54, 1.807) is 0 Å². The average Bonchev–Trinajstić information content (AvgIpc) is 3.63. The highest BCUT2D eigenvalue weighted by Gasteiger charge is 2.57. The molecule has 0 saturated carbocycles. The van der Waals surface area contributed by atoms with Crippen molar-refractivity contribution < 1.29 is 0 Å². The maximum atomic E-state index is 2.61. The number of hydrogen-bond acceptors (Lipinski definition) is 0. The Bertz CT molecular complexity index is 2440. The van der Waals surface area contributed by atoms with Crippen molar-refractivity contribution in [2.24, 2.45) is 5.41 Å². The second kappa shape index (κ2) is 11.9. The first-order valence-electron chi connectivity index (χ1n) is 21.4. The van der Waals surface area contributed by atoms with Crippen molar-refractivity contribution in [3.8, 4) is 11.4 Å². The summed E-state index contributed by atoms with van der Waals surface area (Å²) < 4.78 is 5.22. The van der Waals surface area contributed by atoms with Crippen LogP contribution in [-0.4, -0.2) is 9.13 Å². The smallest absolute Gasteiger partial charge is 0.0706 e. The summed E-state index contributed by atoms with van der Waals surface area (Å²) in [6.07, 6.45) is 0. The molecule has 1 aliphatic carbocycles. The van der Waals surface area contributed by atoms with Crippen LogP contribution < -0.4 is 0 Å². The van der Waals surface area contributed by atoms with Gasteiger partial charge in [0.1, 0.15) is 0 Å². The Kier molecular flexibility index (Phi) is 8.25. The second-order valence-electron chi connectivity index (χ2n) is 23.4. The van der Waals surface area contributed by atoms with Crippen LogP contribution >= 0.6 is 0 Å². The molecule has 0 aliphatic heterocycles. The lowest BCUT2D eigenvalue weighted by Gasteiger charge is -2.44. The van der Waals surface area contributed by atoms with Crippen LogP contribution in [0.15, 0.2) is 84.9 Å². The van der Waals surface area contributed by atoms with Crippen LogP contribution in [-0.2, 0) is 32.5 Å². The molecule has 0 unspecified atom stereocenters. The lowest BCUT2D eigenvalue weighted by Crippen LogP contribution is -2.42. The van der Waals surface area contributed by atoms with E-state index in [0.717, 1.165) is 0 Å². The van der Waals surface area contributed by atoms with Gasteiger partial charge in [-0.25, -0.2) is 0 Å². The monoisotopic (exact) mass is 757 g/mol. The quantitative estimate of drug-likeness (QED) is 0.166. The molecule has 0 saturated heterocycles. The Morgan fingerprint density at radius 3 is 0.772 bits per heavy atom. The summed E-state index contributed by atoms with van der Waals surface area (Å²) in [7, 11) is 0. The topological polar surface area (TPSA) is 9.86 Å². The zero-order valence-electron chi connectivity index (χ0n) is 38.5. The maximum Gasteiger partial charge on any atom is 0.0706 e. The van der Waals surface area contributed by atoms with Crippen LogP contribution in [0.25, 0.3) is 55.0 Å². The second-order valence-corrected chi connectivity index (χ2v) is 23.4. The van der Waals surface area contributed by atoms with E-state index < -0.39 is 0 Å². The predicted octanol–water partition coefficient (Wildman–Crippen LogP) is 15.7. The van der Waals surface area contributed by atoms with Crippen LogP contribution in [0.4, 0.5) is 0 Å². The number of benzene rings is 5. The van der Waals surface area contributed by atoms with Crippen molar-refractivity contribution in [2.45, 2.75) is 157 Å². The van der Waals surface area contributed by atoms with Crippen molar-refractivity contribution in [1.82, 2.24) is 9.13 Å². The number of aromatic nitrogens is 2. The van der Waals surface area contributed by atoms with Gasteiger partial charge in [0.25, 0.3) is 0 Å². The van der Waals surface area contributed by atoms with Gasteiger partial charge in [-0.3, -0.25) is 0 Å². The highest BCUT2D eigenvalue weighted by atomic mass is 15.1. The predicted molar refractivity (Wildman–Crippen MR) is 250 cm³/mol. The molecule has 0 amide bonds. The number of fused-ring (bicyclic) bond motifs is 7. The summed E-state index contributed by atoms with van der Waals surface area (Å²) in [5.41, 5.74) is 15.9. The zero-order chi connectivity index (χ0) is 41.8. The third-order valence-electron chi connectivity index (χ3n) is 15.1. The minimum absolute atomic E-state index is 0.0202. The molecule has 0 atom stereocenters. The van der Waals surface area contributed by atoms with Gasteiger partial charge in [-0.05, 0) is 132 Å². The first-order chi connectivity index (χ1) is 26.1. The average molecular weight is 757 g/mol. The molecule has 0 N–H and O–H groups in total. The minimum atomic E-state index is -0.0548. The van der Waals surface area contributed by atoms with Gasteiger partial charge in [0.05, 0.1) is 33.4 Å². The Morgan fingerprint density at radius 1 is 0.333 bits per heavy atom. The number of hydrogen-bond donors (Lipinski definition) is 0. The minimum Gasteiger partial charge on any atom is -0.307 e. The SMILES string of the molecule is CC(C)(C)c1ccc2c(c1)c1cc(C(C)(C)C)ccc1n2-c1cc2c(cc1-n1c3ccc(C(C)(C)C)cc3c3cc(C(C)(C)C)ccc31)C(C)(C)C(C)(C)C2(C)C. The Morgan fingerprint density at radius 2 is 0.561 bits per heavy atom.